The van der Waals surface area contributed by atoms with Gasteiger partial charge in [-0.15, -0.1) is 0 Å². The Labute approximate surface area is 275 Å². The van der Waals surface area contributed by atoms with Gasteiger partial charge in [0.2, 0.25) is 0 Å². The van der Waals surface area contributed by atoms with Gasteiger partial charge in [0.05, 0.1) is 41.8 Å². The molecule has 9 nitrogen and oxygen atoms in total. The topological polar surface area (TPSA) is 91.5 Å². The van der Waals surface area contributed by atoms with E-state index in [-0.39, 0.29) is 32.0 Å². The summed E-state index contributed by atoms with van der Waals surface area (Å²) in [5.41, 5.74) is 2.89. The van der Waals surface area contributed by atoms with E-state index >= 15 is 4.39 Å². The van der Waals surface area contributed by atoms with E-state index in [1.54, 1.807) is 44.5 Å². The van der Waals surface area contributed by atoms with Gasteiger partial charge in [-0.2, -0.15) is 5.10 Å². The van der Waals surface area contributed by atoms with E-state index in [9.17, 15) is 14.0 Å². The number of carbonyl (C=O) groups excluding carboxylic acids is 2. The van der Waals surface area contributed by atoms with Crippen molar-refractivity contribution in [1.82, 2.24) is 24.2 Å². The summed E-state index contributed by atoms with van der Waals surface area (Å²) in [6, 6.07) is 8.09. The fourth-order valence-corrected chi connectivity index (χ4v) is 6.78. The first-order valence-corrected chi connectivity index (χ1v) is 16.0. The second-order valence-electron chi connectivity index (χ2n) is 12.7. The van der Waals surface area contributed by atoms with Gasteiger partial charge in [0.25, 0.3) is 0 Å². The van der Waals surface area contributed by atoms with Gasteiger partial charge in [-0.1, -0.05) is 47.5 Å². The summed E-state index contributed by atoms with van der Waals surface area (Å²) in [6.07, 6.45) is 0.931. The minimum atomic E-state index is -1.25. The zero-order valence-electron chi connectivity index (χ0n) is 26.0. The Morgan fingerprint density at radius 1 is 1.13 bits per heavy atom. The maximum absolute atomic E-state index is 15.3. The van der Waals surface area contributed by atoms with Crippen LogP contribution in [-0.4, -0.2) is 73.9 Å². The lowest BCUT2D eigenvalue weighted by Crippen LogP contribution is -2.46. The predicted octanol–water partition coefficient (Wildman–Crippen LogP) is 7.32. The van der Waals surface area contributed by atoms with E-state index in [4.69, 9.17) is 32.7 Å². The van der Waals surface area contributed by atoms with Gasteiger partial charge >= 0.3 is 12.1 Å². The van der Waals surface area contributed by atoms with Crippen LogP contribution >= 0.6 is 23.2 Å². The van der Waals surface area contributed by atoms with E-state index < -0.39 is 36.0 Å². The minimum absolute atomic E-state index is 0.0367. The number of benzene rings is 2. The molecule has 2 aliphatic rings. The third-order valence-corrected chi connectivity index (χ3v) is 9.06. The maximum Gasteiger partial charge on any atom is 0.410 e. The van der Waals surface area contributed by atoms with Gasteiger partial charge < -0.3 is 18.9 Å². The zero-order chi connectivity index (χ0) is 32.9. The van der Waals surface area contributed by atoms with Gasteiger partial charge in [0, 0.05) is 41.7 Å². The van der Waals surface area contributed by atoms with Crippen molar-refractivity contribution in [3.8, 4) is 11.1 Å². The van der Waals surface area contributed by atoms with E-state index in [2.05, 4.69) is 10.1 Å². The molecule has 4 heterocycles. The van der Waals surface area contributed by atoms with Crippen LogP contribution in [-0.2, 0) is 27.2 Å². The Morgan fingerprint density at radius 3 is 2.54 bits per heavy atom. The average molecular weight is 675 g/mol. The molecule has 244 valence electrons. The van der Waals surface area contributed by atoms with Crippen LogP contribution in [0.5, 0.6) is 0 Å². The first-order chi connectivity index (χ1) is 21.8. The second-order valence-corrected chi connectivity index (χ2v) is 13.5. The molecule has 0 spiro atoms. The standard InChI is InChI=1S/C33H35Cl2F2N5O4/c1-5-45-31(43)30(29-26-12-20(36)14-41(26)17-38-29)42-15-23-24(34)13-22(27(35)28(23)39-42)19-8-6-18(7-9-19)21-10-11-40(16-25(21)37)32(44)46-33(2,3)4/h6-9,13,15,17,20-21,25,30H,5,10-12,14,16H2,1-4H3/t20-,21?,25?,30?/m1/s1. The van der Waals surface area contributed by atoms with Crippen molar-refractivity contribution in [3.63, 3.8) is 0 Å². The number of imidazole rings is 1. The second kappa shape index (κ2) is 12.5. The number of hydrogen-bond acceptors (Lipinski definition) is 6. The van der Waals surface area contributed by atoms with Crippen LogP contribution in [0.4, 0.5) is 13.6 Å². The number of alkyl halides is 2. The number of piperidine rings is 1. The number of esters is 1. The number of likely N-dealkylation sites (tertiary alicyclic amines) is 1. The molecular weight excluding hydrogens is 639 g/mol. The molecule has 3 unspecified atom stereocenters. The summed E-state index contributed by atoms with van der Waals surface area (Å²) in [5, 5.41) is 5.88. The van der Waals surface area contributed by atoms with Gasteiger partial charge in [0.1, 0.15) is 23.5 Å². The van der Waals surface area contributed by atoms with Crippen LogP contribution in [0.1, 0.15) is 63.0 Å². The van der Waals surface area contributed by atoms with Crippen molar-refractivity contribution in [2.45, 2.75) is 77.0 Å². The fourth-order valence-electron chi connectivity index (χ4n) is 6.23. The number of carbonyl (C=O) groups is 2. The van der Waals surface area contributed by atoms with Gasteiger partial charge in [-0.3, -0.25) is 4.68 Å². The highest BCUT2D eigenvalue weighted by Crippen LogP contribution is 2.40. The number of nitrogens with zero attached hydrogens (tertiary/aromatic N) is 5. The van der Waals surface area contributed by atoms with Crippen LogP contribution < -0.4 is 0 Å². The van der Waals surface area contributed by atoms with Gasteiger partial charge in [0.15, 0.2) is 6.04 Å². The van der Waals surface area contributed by atoms with Crippen molar-refractivity contribution in [3.05, 3.63) is 69.9 Å². The molecule has 0 N–H and O–H groups in total. The molecule has 0 radical (unpaired) electrons. The third-order valence-electron chi connectivity index (χ3n) is 8.37. The molecule has 1 saturated heterocycles. The summed E-state index contributed by atoms with van der Waals surface area (Å²) in [4.78, 5) is 31.5. The Balaban J connectivity index is 1.27. The highest BCUT2D eigenvalue weighted by atomic mass is 35.5. The Hall–Kier alpha value is -3.70. The van der Waals surface area contributed by atoms with Gasteiger partial charge in [-0.05, 0) is 51.3 Å². The van der Waals surface area contributed by atoms with Crippen molar-refractivity contribution in [2.75, 3.05) is 19.7 Å². The lowest BCUT2D eigenvalue weighted by atomic mass is 9.87. The van der Waals surface area contributed by atoms with Crippen molar-refractivity contribution in [1.29, 1.82) is 0 Å². The van der Waals surface area contributed by atoms with E-state index in [0.717, 1.165) is 11.1 Å². The molecule has 2 aliphatic heterocycles. The molecule has 0 saturated carbocycles. The first-order valence-electron chi connectivity index (χ1n) is 15.3. The molecule has 46 heavy (non-hydrogen) atoms. The average Bonchev–Trinajstić information content (AvgIpc) is 3.70. The molecule has 13 heteroatoms. The zero-order valence-corrected chi connectivity index (χ0v) is 27.5. The van der Waals surface area contributed by atoms with Crippen molar-refractivity contribution >= 4 is 46.2 Å². The largest absolute Gasteiger partial charge is 0.464 e. The smallest absolute Gasteiger partial charge is 0.410 e. The summed E-state index contributed by atoms with van der Waals surface area (Å²) < 4.78 is 43.4. The Morgan fingerprint density at radius 2 is 1.87 bits per heavy atom. The molecule has 4 aromatic rings. The normalized spacial score (nSPS) is 20.5. The Bertz CT molecular complexity index is 1790. The summed E-state index contributed by atoms with van der Waals surface area (Å²) in [6.45, 7) is 7.73. The summed E-state index contributed by atoms with van der Waals surface area (Å²) >= 11 is 13.7. The first kappa shape index (κ1) is 32.2. The number of amides is 1. The molecule has 0 bridgehead atoms. The minimum Gasteiger partial charge on any atom is -0.464 e. The molecule has 0 aliphatic carbocycles. The van der Waals surface area contributed by atoms with Crippen LogP contribution in [0.25, 0.3) is 22.0 Å². The van der Waals surface area contributed by atoms with Crippen LogP contribution in [0.2, 0.25) is 10.0 Å². The van der Waals surface area contributed by atoms with E-state index in [1.807, 2.05) is 24.3 Å². The molecule has 2 aromatic carbocycles. The summed E-state index contributed by atoms with van der Waals surface area (Å²) in [7, 11) is 0. The monoisotopic (exact) mass is 673 g/mol. The summed E-state index contributed by atoms with van der Waals surface area (Å²) in [5.74, 6) is -0.952. The molecular formula is C33H35Cl2F2N5O4. The Kier molecular flexibility index (Phi) is 8.75. The number of hydrogen-bond donors (Lipinski definition) is 0. The lowest BCUT2D eigenvalue weighted by Gasteiger charge is -2.35. The number of aromatic nitrogens is 4. The highest BCUT2D eigenvalue weighted by molar-refractivity contribution is 6.42. The van der Waals surface area contributed by atoms with E-state index in [0.29, 0.717) is 50.9 Å². The molecule has 6 rings (SSSR count). The fraction of sp³-hybridized carbons (Fsp3) is 0.455. The molecule has 2 aromatic heterocycles. The maximum atomic E-state index is 15.3. The molecule has 1 fully saturated rings. The molecule has 1 amide bonds. The van der Waals surface area contributed by atoms with Crippen molar-refractivity contribution in [2.24, 2.45) is 0 Å². The van der Waals surface area contributed by atoms with E-state index in [1.165, 1.54) is 15.9 Å². The lowest BCUT2D eigenvalue weighted by molar-refractivity contribution is -0.146. The number of rotatable bonds is 6. The SMILES string of the molecule is CCOC(=O)C(c1ncn2c1C[C@@H](F)C2)n1cc2c(Cl)cc(-c3ccc(C4CCN(C(=O)OC(C)(C)C)CC4F)cc3)c(Cl)c2n1. The molecule has 4 atom stereocenters. The number of halogens is 4. The van der Waals surface area contributed by atoms with Crippen LogP contribution in [0, 0.1) is 0 Å². The quantitative estimate of drug-likeness (QED) is 0.199. The van der Waals surface area contributed by atoms with Gasteiger partial charge in [-0.25, -0.2) is 23.4 Å². The van der Waals surface area contributed by atoms with Crippen molar-refractivity contribution < 1.29 is 27.8 Å². The predicted molar refractivity (Wildman–Crippen MR) is 171 cm³/mol. The van der Waals surface area contributed by atoms with Crippen LogP contribution in [0.15, 0.2) is 42.9 Å². The number of fused-ring (bicyclic) bond motifs is 2. The van der Waals surface area contributed by atoms with Crippen LogP contribution in [0.3, 0.4) is 0 Å². The number of ether oxygens (including phenoxy) is 2. The third kappa shape index (κ3) is 6.19. The highest BCUT2D eigenvalue weighted by Gasteiger charge is 2.36.